The summed E-state index contributed by atoms with van der Waals surface area (Å²) in [6, 6.07) is 14.7. The molecular weight excluding hydrogens is 600 g/mol. The van der Waals surface area contributed by atoms with E-state index in [1.54, 1.807) is 12.1 Å². The van der Waals surface area contributed by atoms with Crippen molar-refractivity contribution in [1.29, 1.82) is 0 Å². The van der Waals surface area contributed by atoms with Gasteiger partial charge in [-0.15, -0.1) is 0 Å². The van der Waals surface area contributed by atoms with Crippen molar-refractivity contribution in [3.63, 3.8) is 0 Å². The number of halogens is 2. The molecule has 0 amide bonds. The Bertz CT molecular complexity index is 1480. The molecule has 38 heavy (non-hydrogen) atoms. The molecule has 4 rings (SSSR count). The number of nitrogens with one attached hydrogen (secondary N) is 1. The fourth-order valence-electron chi connectivity index (χ4n) is 4.35. The highest BCUT2D eigenvalue weighted by Gasteiger charge is 2.14. The first-order valence-corrected chi connectivity index (χ1v) is 12.5. The van der Waals surface area contributed by atoms with E-state index in [9.17, 15) is 9.18 Å². The van der Waals surface area contributed by atoms with Gasteiger partial charge in [0.1, 0.15) is 18.4 Å². The summed E-state index contributed by atoms with van der Waals surface area (Å²) in [6.45, 7) is 6.91. The zero-order valence-corrected chi connectivity index (χ0v) is 24.0. The Morgan fingerprint density at radius 2 is 1.82 bits per heavy atom. The van der Waals surface area contributed by atoms with Crippen LogP contribution in [-0.2, 0) is 11.8 Å². The molecule has 2 aromatic carbocycles. The van der Waals surface area contributed by atoms with Gasteiger partial charge < -0.3 is 48.5 Å². The van der Waals surface area contributed by atoms with E-state index >= 15 is 0 Å². The van der Waals surface area contributed by atoms with Gasteiger partial charge in [0, 0.05) is 60.4 Å². The topological polar surface area (TPSA) is 78.8 Å². The van der Waals surface area contributed by atoms with E-state index in [1.807, 2.05) is 54.1 Å². The second-order valence-corrected chi connectivity index (χ2v) is 8.69. The fraction of sp³-hybridized carbons (Fsp3) is 0.310. The van der Waals surface area contributed by atoms with Gasteiger partial charge in [0.25, 0.3) is 0 Å². The van der Waals surface area contributed by atoms with Crippen LogP contribution in [0, 0.1) is 5.82 Å². The molecule has 0 atom stereocenters. The summed E-state index contributed by atoms with van der Waals surface area (Å²) < 4.78 is 27.4. The molecule has 0 bridgehead atoms. The largest absolute Gasteiger partial charge is 1.00 e. The van der Waals surface area contributed by atoms with Crippen LogP contribution in [0.2, 0.25) is 0 Å². The number of aliphatic hydroxyl groups excluding tert-OH is 1. The third-order valence-electron chi connectivity index (χ3n) is 6.40. The number of aliphatic hydroxyl groups is 1. The normalized spacial score (nSPS) is 11.3. The van der Waals surface area contributed by atoms with Gasteiger partial charge in [-0.05, 0) is 50.3 Å². The van der Waals surface area contributed by atoms with Crippen LogP contribution in [0.3, 0.4) is 0 Å². The molecule has 2 heterocycles. The molecular formula is C29H33FIN3O4. The molecule has 0 spiro atoms. The molecule has 0 unspecified atom stereocenters. The molecule has 0 saturated heterocycles. The lowest BCUT2D eigenvalue weighted by Crippen LogP contribution is -3.00. The highest BCUT2D eigenvalue weighted by atomic mass is 127. The molecule has 7 nitrogen and oxygen atoms in total. The van der Waals surface area contributed by atoms with Crippen LogP contribution in [0.15, 0.2) is 57.7 Å². The highest BCUT2D eigenvalue weighted by molar-refractivity contribution is 5.84. The van der Waals surface area contributed by atoms with Gasteiger partial charge in [-0.25, -0.2) is 9.18 Å². The van der Waals surface area contributed by atoms with E-state index in [-0.39, 0.29) is 43.0 Å². The summed E-state index contributed by atoms with van der Waals surface area (Å²) in [5.74, 6) is -0.351. The Hall–Kier alpha value is -3.02. The summed E-state index contributed by atoms with van der Waals surface area (Å²) >= 11 is 0. The summed E-state index contributed by atoms with van der Waals surface area (Å²) in [5, 5.41) is 13.4. The van der Waals surface area contributed by atoms with Crippen molar-refractivity contribution in [2.45, 2.75) is 13.8 Å². The standard InChI is InChI=1S/C29H32FN3O4.HI/c1-4-33(5-2)24-11-7-21-16-22(29(35)37-28(21)18-24)8-10-23-9-6-20-17-25(30)26(19-27(20)32(23)3)31-12-14-36-15-13-34;/h6-11,16-19,34H,4-5,12-15H2,1-3H3;1H/b10-8+;. The first-order chi connectivity index (χ1) is 17.9. The molecule has 0 radical (unpaired) electrons. The zero-order valence-electron chi connectivity index (χ0n) is 21.8. The molecule has 9 heteroatoms. The number of nitrogens with zero attached hydrogens (tertiary/aromatic N) is 2. The summed E-state index contributed by atoms with van der Waals surface area (Å²) in [5.41, 5.74) is 3.68. The van der Waals surface area contributed by atoms with Crippen molar-refractivity contribution in [2.75, 3.05) is 49.7 Å². The predicted molar refractivity (Wildman–Crippen MR) is 146 cm³/mol. The van der Waals surface area contributed by atoms with Gasteiger partial charge >= 0.3 is 5.63 Å². The number of hydrogen-bond donors (Lipinski definition) is 2. The number of rotatable bonds is 11. The maximum absolute atomic E-state index is 14.6. The third kappa shape index (κ3) is 6.69. The number of anilines is 2. The van der Waals surface area contributed by atoms with Crippen LogP contribution < -0.4 is 44.4 Å². The lowest BCUT2D eigenvalue weighted by Gasteiger charge is -2.20. The van der Waals surface area contributed by atoms with Crippen LogP contribution in [0.25, 0.3) is 34.0 Å². The number of ether oxygens (including phenoxy) is 1. The Morgan fingerprint density at radius 1 is 1.05 bits per heavy atom. The molecule has 0 saturated carbocycles. The monoisotopic (exact) mass is 633 g/mol. The predicted octanol–water partition coefficient (Wildman–Crippen LogP) is 1.35. The van der Waals surface area contributed by atoms with E-state index in [0.717, 1.165) is 40.8 Å². The zero-order chi connectivity index (χ0) is 26.4. The van der Waals surface area contributed by atoms with E-state index in [1.165, 1.54) is 6.07 Å². The summed E-state index contributed by atoms with van der Waals surface area (Å²) in [6.07, 6.45) is 3.59. The van der Waals surface area contributed by atoms with Crippen molar-refractivity contribution >= 4 is 45.4 Å². The van der Waals surface area contributed by atoms with Crippen molar-refractivity contribution in [3.05, 3.63) is 76.0 Å². The minimum Gasteiger partial charge on any atom is -1.00 e. The van der Waals surface area contributed by atoms with Gasteiger partial charge in [0.15, 0.2) is 0 Å². The van der Waals surface area contributed by atoms with Crippen molar-refractivity contribution in [1.82, 2.24) is 0 Å². The second-order valence-electron chi connectivity index (χ2n) is 8.69. The molecule has 0 fully saturated rings. The number of hydrogen-bond acceptors (Lipinski definition) is 6. The van der Waals surface area contributed by atoms with E-state index < -0.39 is 5.63 Å². The molecule has 2 N–H and O–H groups in total. The van der Waals surface area contributed by atoms with Crippen LogP contribution in [0.5, 0.6) is 0 Å². The Labute approximate surface area is 238 Å². The minimum absolute atomic E-state index is 0. The van der Waals surface area contributed by atoms with Crippen LogP contribution in [-0.4, -0.2) is 44.6 Å². The van der Waals surface area contributed by atoms with E-state index in [2.05, 4.69) is 24.1 Å². The lowest BCUT2D eigenvalue weighted by atomic mass is 10.1. The number of aromatic nitrogens is 1. The highest BCUT2D eigenvalue weighted by Crippen LogP contribution is 2.23. The smallest absolute Gasteiger partial charge is 0.343 e. The SMILES string of the molecule is CCN(CC)c1ccc2cc(/C=C/c3ccc4cc(F)c(NCCOCCO)cc4[n+]3C)c(=O)oc2c1.[I-]. The molecule has 0 aliphatic rings. The van der Waals surface area contributed by atoms with E-state index in [0.29, 0.717) is 30.0 Å². The molecule has 2 aromatic heterocycles. The number of benzene rings is 2. The van der Waals surface area contributed by atoms with E-state index in [4.69, 9.17) is 14.3 Å². The van der Waals surface area contributed by atoms with Gasteiger partial charge in [0.2, 0.25) is 11.2 Å². The molecule has 0 aliphatic heterocycles. The minimum atomic E-state index is -0.402. The quantitative estimate of drug-likeness (QED) is 0.113. The average molecular weight is 634 g/mol. The van der Waals surface area contributed by atoms with Crippen LogP contribution >= 0.6 is 0 Å². The van der Waals surface area contributed by atoms with Crippen molar-refractivity contribution in [3.8, 4) is 0 Å². The van der Waals surface area contributed by atoms with Gasteiger partial charge in [-0.3, -0.25) is 0 Å². The van der Waals surface area contributed by atoms with Crippen molar-refractivity contribution in [2.24, 2.45) is 7.05 Å². The molecule has 0 aliphatic carbocycles. The first kappa shape index (κ1) is 29.5. The van der Waals surface area contributed by atoms with Gasteiger partial charge in [-0.1, -0.05) is 0 Å². The number of aryl methyl sites for hydroxylation is 1. The van der Waals surface area contributed by atoms with Crippen LogP contribution in [0.1, 0.15) is 25.1 Å². The van der Waals surface area contributed by atoms with Gasteiger partial charge in [0.05, 0.1) is 31.1 Å². The Balaban J connectivity index is 0.00000400. The summed E-state index contributed by atoms with van der Waals surface area (Å²) in [4.78, 5) is 14.9. The van der Waals surface area contributed by atoms with Crippen LogP contribution in [0.4, 0.5) is 15.8 Å². The molecule has 202 valence electrons. The molecule has 4 aromatic rings. The second kappa shape index (κ2) is 13.7. The summed E-state index contributed by atoms with van der Waals surface area (Å²) in [7, 11) is 1.89. The number of pyridine rings is 1. The Kier molecular flexibility index (Phi) is 10.6. The Morgan fingerprint density at radius 3 is 2.55 bits per heavy atom. The van der Waals surface area contributed by atoms with Gasteiger partial charge in [-0.2, -0.15) is 4.57 Å². The fourth-order valence-corrected chi connectivity index (χ4v) is 4.35. The maximum Gasteiger partial charge on any atom is 0.343 e. The first-order valence-electron chi connectivity index (χ1n) is 12.5. The lowest BCUT2D eigenvalue weighted by molar-refractivity contribution is -0.646. The maximum atomic E-state index is 14.6. The average Bonchev–Trinajstić information content (AvgIpc) is 2.89. The van der Waals surface area contributed by atoms with Crippen molar-refractivity contribution < 1.29 is 47.2 Å². The third-order valence-corrected chi connectivity index (χ3v) is 6.40. The number of fused-ring (bicyclic) bond motifs is 2.